The van der Waals surface area contributed by atoms with Gasteiger partial charge in [-0.3, -0.25) is 0 Å². The number of ether oxygens (including phenoxy) is 2. The third-order valence-corrected chi connectivity index (χ3v) is 13.0. The van der Waals surface area contributed by atoms with Crippen LogP contribution in [0.25, 0.3) is 43.1 Å². The van der Waals surface area contributed by atoms with Crippen molar-refractivity contribution in [3.8, 4) is 54.6 Å². The summed E-state index contributed by atoms with van der Waals surface area (Å²) in [6.45, 7) is 15.2. The molecule has 2 heterocycles. The van der Waals surface area contributed by atoms with Crippen LogP contribution in [0.3, 0.4) is 0 Å². The van der Waals surface area contributed by atoms with Gasteiger partial charge in [0.15, 0.2) is 0 Å². The topological polar surface area (TPSA) is 18.5 Å². The standard InChI is InChI=1S/C50H66O2S2/c1-7-13-17-37(11-5)33-51-47-31-46(50-30-44(36-54-50)42-27-23-40(24-28-42)20-16-10-4)48(52-34-38(12-6)18-14-8-2)32-45(47)49-29-43(35-53-49)41-25-21-39(22-26-41)19-15-9-3/h21-32,35-38H,7-20,33-34H2,1-6H3. The van der Waals surface area contributed by atoms with Gasteiger partial charge in [-0.15, -0.1) is 22.7 Å². The molecule has 5 rings (SSSR count). The molecule has 0 amide bonds. The minimum Gasteiger partial charge on any atom is -0.493 e. The molecule has 4 heteroatoms. The first kappa shape index (κ1) is 41.8. The lowest BCUT2D eigenvalue weighted by Gasteiger charge is -2.21. The summed E-state index contributed by atoms with van der Waals surface area (Å²) in [5.74, 6) is 3.01. The molecule has 2 atom stereocenters. The van der Waals surface area contributed by atoms with Gasteiger partial charge in [-0.2, -0.15) is 0 Å². The molecule has 0 saturated heterocycles. The molecule has 0 aliphatic carbocycles. The van der Waals surface area contributed by atoms with Crippen molar-refractivity contribution in [2.75, 3.05) is 13.2 Å². The number of benzene rings is 3. The second-order valence-corrected chi connectivity index (χ2v) is 17.1. The third kappa shape index (κ3) is 11.8. The van der Waals surface area contributed by atoms with E-state index in [-0.39, 0.29) is 0 Å². The van der Waals surface area contributed by atoms with Crippen LogP contribution in [-0.2, 0) is 12.8 Å². The summed E-state index contributed by atoms with van der Waals surface area (Å²) in [5, 5.41) is 4.61. The Morgan fingerprint density at radius 1 is 0.463 bits per heavy atom. The molecule has 3 aromatic carbocycles. The van der Waals surface area contributed by atoms with Crippen molar-refractivity contribution >= 4 is 22.7 Å². The lowest BCUT2D eigenvalue weighted by Crippen LogP contribution is -2.13. The molecule has 5 aromatic rings. The number of thiophene rings is 2. The van der Waals surface area contributed by atoms with E-state index in [1.54, 1.807) is 0 Å². The highest BCUT2D eigenvalue weighted by molar-refractivity contribution is 7.14. The average molecular weight is 763 g/mol. The highest BCUT2D eigenvalue weighted by Gasteiger charge is 2.21. The lowest BCUT2D eigenvalue weighted by atomic mass is 9.99. The van der Waals surface area contributed by atoms with E-state index in [1.807, 2.05) is 22.7 Å². The minimum absolute atomic E-state index is 0.541. The molecule has 290 valence electrons. The van der Waals surface area contributed by atoms with Gasteiger partial charge in [0.2, 0.25) is 0 Å². The van der Waals surface area contributed by atoms with Crippen LogP contribution in [0.15, 0.2) is 83.6 Å². The Labute approximate surface area is 336 Å². The van der Waals surface area contributed by atoms with E-state index < -0.39 is 0 Å². The Kier molecular flexibility index (Phi) is 17.2. The fourth-order valence-electron chi connectivity index (χ4n) is 7.14. The number of unbranched alkanes of at least 4 members (excludes halogenated alkanes) is 4. The van der Waals surface area contributed by atoms with Gasteiger partial charge in [0, 0.05) is 20.9 Å². The lowest BCUT2D eigenvalue weighted by molar-refractivity contribution is 0.229. The molecule has 2 unspecified atom stereocenters. The summed E-state index contributed by atoms with van der Waals surface area (Å²) in [4.78, 5) is 2.45. The van der Waals surface area contributed by atoms with Gasteiger partial charge in [-0.05, 0) is 119 Å². The van der Waals surface area contributed by atoms with Gasteiger partial charge in [0.05, 0.1) is 13.2 Å². The van der Waals surface area contributed by atoms with Crippen LogP contribution >= 0.6 is 22.7 Å². The molecule has 2 aromatic heterocycles. The summed E-state index contributed by atoms with van der Waals surface area (Å²) >= 11 is 3.62. The van der Waals surface area contributed by atoms with Gasteiger partial charge in [0.25, 0.3) is 0 Å². The van der Waals surface area contributed by atoms with Crippen molar-refractivity contribution in [1.82, 2.24) is 0 Å². The maximum atomic E-state index is 6.92. The van der Waals surface area contributed by atoms with Crippen molar-refractivity contribution in [2.45, 2.75) is 131 Å². The van der Waals surface area contributed by atoms with Crippen molar-refractivity contribution in [2.24, 2.45) is 11.8 Å². The van der Waals surface area contributed by atoms with Gasteiger partial charge >= 0.3 is 0 Å². The van der Waals surface area contributed by atoms with Gasteiger partial charge in [-0.25, -0.2) is 0 Å². The van der Waals surface area contributed by atoms with Gasteiger partial charge < -0.3 is 9.47 Å². The van der Waals surface area contributed by atoms with Gasteiger partial charge in [-0.1, -0.05) is 141 Å². The molecule has 0 saturated carbocycles. The minimum atomic E-state index is 0.541. The van der Waals surface area contributed by atoms with E-state index in [1.165, 1.54) is 107 Å². The summed E-state index contributed by atoms with van der Waals surface area (Å²) in [7, 11) is 0. The zero-order chi connectivity index (χ0) is 38.1. The summed E-state index contributed by atoms with van der Waals surface area (Å²) in [5.41, 5.74) is 10.2. The fourth-order valence-corrected chi connectivity index (χ4v) is 9.02. The first-order valence-electron chi connectivity index (χ1n) is 21.3. The number of aryl methyl sites for hydroxylation is 2. The number of rotatable bonds is 24. The number of hydrogen-bond acceptors (Lipinski definition) is 4. The molecule has 0 radical (unpaired) electrons. The van der Waals surface area contributed by atoms with Crippen LogP contribution in [0, 0.1) is 11.8 Å². The fraction of sp³-hybridized carbons (Fsp3) is 0.480. The van der Waals surface area contributed by atoms with Crippen molar-refractivity contribution in [3.63, 3.8) is 0 Å². The zero-order valence-corrected chi connectivity index (χ0v) is 35.8. The second kappa shape index (κ2) is 22.3. The largest absolute Gasteiger partial charge is 0.493 e. The number of hydrogen-bond donors (Lipinski definition) is 0. The summed E-state index contributed by atoms with van der Waals surface area (Å²) in [6, 6.07) is 27.7. The Morgan fingerprint density at radius 2 is 0.852 bits per heavy atom. The monoisotopic (exact) mass is 762 g/mol. The van der Waals surface area contributed by atoms with E-state index in [0.717, 1.165) is 61.5 Å². The Morgan fingerprint density at radius 3 is 1.20 bits per heavy atom. The van der Waals surface area contributed by atoms with E-state index in [0.29, 0.717) is 11.8 Å². The van der Waals surface area contributed by atoms with Crippen molar-refractivity contribution < 1.29 is 9.47 Å². The quantitative estimate of drug-likeness (QED) is 0.0623. The molecule has 0 aliphatic rings. The Hall–Kier alpha value is -3.34. The zero-order valence-electron chi connectivity index (χ0n) is 34.2. The Bertz CT molecular complexity index is 1660. The van der Waals surface area contributed by atoms with Crippen LogP contribution in [0.5, 0.6) is 11.5 Å². The molecular weight excluding hydrogens is 697 g/mol. The van der Waals surface area contributed by atoms with Gasteiger partial charge in [0.1, 0.15) is 11.5 Å². The van der Waals surface area contributed by atoms with E-state index >= 15 is 0 Å². The molecular formula is C50H66O2S2. The smallest absolute Gasteiger partial charge is 0.128 e. The third-order valence-electron chi connectivity index (χ3n) is 11.1. The predicted octanol–water partition coefficient (Wildman–Crippen LogP) is 16.4. The van der Waals surface area contributed by atoms with Crippen LogP contribution in [0.1, 0.15) is 130 Å². The molecule has 54 heavy (non-hydrogen) atoms. The highest BCUT2D eigenvalue weighted by Crippen LogP contribution is 2.46. The molecule has 0 spiro atoms. The van der Waals surface area contributed by atoms with Crippen LogP contribution in [-0.4, -0.2) is 13.2 Å². The molecule has 0 fully saturated rings. The average Bonchev–Trinajstić information content (AvgIpc) is 3.91. The SMILES string of the molecule is CCCCc1ccc(-c2csc(-c3cc(OCC(CC)CCCC)c(-c4cc(-c5ccc(CCCC)cc5)cs4)cc3OCC(CC)CCCC)c2)cc1. The molecule has 0 N–H and O–H groups in total. The molecule has 2 nitrogen and oxygen atoms in total. The van der Waals surface area contributed by atoms with Crippen LogP contribution in [0.4, 0.5) is 0 Å². The van der Waals surface area contributed by atoms with E-state index in [2.05, 4.69) is 125 Å². The maximum Gasteiger partial charge on any atom is 0.128 e. The molecule has 0 aliphatic heterocycles. The summed E-state index contributed by atoms with van der Waals surface area (Å²) < 4.78 is 13.8. The maximum absolute atomic E-state index is 6.92. The highest BCUT2D eigenvalue weighted by atomic mass is 32.1. The summed E-state index contributed by atoms with van der Waals surface area (Å²) in [6.07, 6.45) is 16.8. The van der Waals surface area contributed by atoms with Crippen LogP contribution in [0.2, 0.25) is 0 Å². The first-order valence-corrected chi connectivity index (χ1v) is 23.1. The van der Waals surface area contributed by atoms with E-state index in [4.69, 9.17) is 9.47 Å². The second-order valence-electron chi connectivity index (χ2n) is 15.3. The van der Waals surface area contributed by atoms with Crippen molar-refractivity contribution in [1.29, 1.82) is 0 Å². The molecule has 0 bridgehead atoms. The van der Waals surface area contributed by atoms with Crippen molar-refractivity contribution in [3.05, 3.63) is 94.7 Å². The predicted molar refractivity (Wildman–Crippen MR) is 239 cm³/mol. The van der Waals surface area contributed by atoms with E-state index in [9.17, 15) is 0 Å². The first-order chi connectivity index (χ1) is 26.5. The normalized spacial score (nSPS) is 12.6. The van der Waals surface area contributed by atoms with Crippen LogP contribution < -0.4 is 9.47 Å². The Balaban J connectivity index is 1.55.